The fraction of sp³-hybridized carbons (Fsp3) is 0.462. The van der Waals surface area contributed by atoms with E-state index in [-0.39, 0.29) is 21.9 Å². The number of anilines is 1. The van der Waals surface area contributed by atoms with Crippen molar-refractivity contribution in [1.29, 1.82) is 0 Å². The van der Waals surface area contributed by atoms with Gasteiger partial charge in [-0.1, -0.05) is 25.4 Å². The molecule has 1 unspecified atom stereocenters. The zero-order chi connectivity index (χ0) is 15.5. The summed E-state index contributed by atoms with van der Waals surface area (Å²) >= 11 is 5.86. The van der Waals surface area contributed by atoms with Crippen LogP contribution < -0.4 is 11.1 Å². The first-order chi connectivity index (χ1) is 9.13. The monoisotopic (exact) mass is 318 g/mol. The first kappa shape index (κ1) is 16.8. The third kappa shape index (κ3) is 4.38. The number of carbonyl (C=O) groups excluding carboxylic acids is 1. The molecule has 1 rings (SSSR count). The molecule has 20 heavy (non-hydrogen) atoms. The zero-order valence-corrected chi connectivity index (χ0v) is 13.3. The van der Waals surface area contributed by atoms with Gasteiger partial charge in [-0.2, -0.15) is 0 Å². The molecule has 1 atom stereocenters. The van der Waals surface area contributed by atoms with Crippen LogP contribution in [0, 0.1) is 5.92 Å². The number of hydrogen-bond donors (Lipinski definition) is 2. The van der Waals surface area contributed by atoms with E-state index in [0.29, 0.717) is 5.69 Å². The molecule has 0 aliphatic rings. The molecule has 0 fully saturated rings. The summed E-state index contributed by atoms with van der Waals surface area (Å²) in [7, 11) is -3.78. The second kappa shape index (κ2) is 6.45. The van der Waals surface area contributed by atoms with E-state index in [4.69, 9.17) is 17.3 Å². The quantitative estimate of drug-likeness (QED) is 0.811. The van der Waals surface area contributed by atoms with Gasteiger partial charge in [-0.05, 0) is 31.0 Å². The molecule has 112 valence electrons. The highest BCUT2D eigenvalue weighted by Crippen LogP contribution is 2.24. The molecule has 3 N–H and O–H groups in total. The zero-order valence-electron chi connectivity index (χ0n) is 11.7. The number of amides is 1. The molecule has 1 amide bonds. The maximum atomic E-state index is 12.1. The number of hydrogen-bond acceptors (Lipinski definition) is 4. The highest BCUT2D eigenvalue weighted by atomic mass is 35.5. The van der Waals surface area contributed by atoms with Crippen LogP contribution in [0.2, 0.25) is 5.02 Å². The maximum absolute atomic E-state index is 12.1. The van der Waals surface area contributed by atoms with Crippen LogP contribution in [0.5, 0.6) is 0 Å². The molecular weight excluding hydrogens is 300 g/mol. The predicted molar refractivity (Wildman–Crippen MR) is 80.4 cm³/mol. The van der Waals surface area contributed by atoms with Crippen LogP contribution in [0.25, 0.3) is 0 Å². The topological polar surface area (TPSA) is 89.3 Å². The van der Waals surface area contributed by atoms with Gasteiger partial charge in [0.15, 0.2) is 9.84 Å². The van der Waals surface area contributed by atoms with Crippen molar-refractivity contribution in [3.05, 3.63) is 23.2 Å². The van der Waals surface area contributed by atoms with Crippen molar-refractivity contribution >= 4 is 33.0 Å². The molecule has 0 aliphatic carbocycles. The van der Waals surface area contributed by atoms with Gasteiger partial charge in [0.1, 0.15) is 5.75 Å². The number of nitrogens with one attached hydrogen (secondary N) is 1. The molecule has 7 heteroatoms. The Morgan fingerprint density at radius 1 is 1.35 bits per heavy atom. The largest absolute Gasteiger partial charge is 0.399 e. The summed E-state index contributed by atoms with van der Waals surface area (Å²) in [6.07, 6.45) is 0. The van der Waals surface area contributed by atoms with Crippen molar-refractivity contribution in [1.82, 2.24) is 5.32 Å². The number of carbonyl (C=O) groups is 1. The van der Waals surface area contributed by atoms with E-state index in [9.17, 15) is 13.2 Å². The highest BCUT2D eigenvalue weighted by Gasteiger charge is 2.23. The number of halogens is 1. The van der Waals surface area contributed by atoms with Crippen LogP contribution in [-0.4, -0.2) is 26.1 Å². The summed E-state index contributed by atoms with van der Waals surface area (Å²) in [4.78, 5) is 11.7. The van der Waals surface area contributed by atoms with Crippen molar-refractivity contribution in [2.45, 2.75) is 31.7 Å². The molecular formula is C13H19ClN2O3S. The van der Waals surface area contributed by atoms with Gasteiger partial charge in [-0.15, -0.1) is 0 Å². The molecule has 0 bridgehead atoms. The molecule has 1 aromatic rings. The first-order valence-electron chi connectivity index (χ1n) is 6.20. The van der Waals surface area contributed by atoms with Gasteiger partial charge in [0.25, 0.3) is 0 Å². The van der Waals surface area contributed by atoms with E-state index >= 15 is 0 Å². The van der Waals surface area contributed by atoms with Gasteiger partial charge >= 0.3 is 0 Å². The Kier molecular flexibility index (Phi) is 5.42. The van der Waals surface area contributed by atoms with E-state index < -0.39 is 21.5 Å². The number of sulfone groups is 1. The first-order valence-corrected chi connectivity index (χ1v) is 8.23. The molecule has 1 aromatic carbocycles. The van der Waals surface area contributed by atoms with Crippen molar-refractivity contribution in [2.75, 3.05) is 11.5 Å². The SMILES string of the molecule is CC(C)C(C)NC(=O)CS(=O)(=O)c1ccc(N)cc1Cl. The van der Waals surface area contributed by atoms with Gasteiger partial charge in [0, 0.05) is 11.7 Å². The summed E-state index contributed by atoms with van der Waals surface area (Å²) in [6.45, 7) is 5.71. The van der Waals surface area contributed by atoms with Crippen molar-refractivity contribution in [2.24, 2.45) is 5.92 Å². The summed E-state index contributed by atoms with van der Waals surface area (Å²) in [5, 5.41) is 2.67. The minimum absolute atomic E-state index is 0.0229. The summed E-state index contributed by atoms with van der Waals surface area (Å²) < 4.78 is 24.3. The lowest BCUT2D eigenvalue weighted by atomic mass is 10.1. The minimum atomic E-state index is -3.78. The van der Waals surface area contributed by atoms with E-state index in [1.54, 1.807) is 0 Å². The lowest BCUT2D eigenvalue weighted by Crippen LogP contribution is -2.39. The predicted octanol–water partition coefficient (Wildman–Crippen LogP) is 1.86. The summed E-state index contributed by atoms with van der Waals surface area (Å²) in [5.74, 6) is -0.950. The van der Waals surface area contributed by atoms with Crippen molar-refractivity contribution < 1.29 is 13.2 Å². The van der Waals surface area contributed by atoms with E-state index in [0.717, 1.165) is 0 Å². The molecule has 0 heterocycles. The number of benzene rings is 1. The molecule has 5 nitrogen and oxygen atoms in total. The Balaban J connectivity index is 2.87. The average molecular weight is 319 g/mol. The van der Waals surface area contributed by atoms with Crippen LogP contribution >= 0.6 is 11.6 Å². The van der Waals surface area contributed by atoms with Gasteiger partial charge in [-0.3, -0.25) is 4.79 Å². The Hall–Kier alpha value is -1.27. The van der Waals surface area contributed by atoms with E-state index in [1.807, 2.05) is 20.8 Å². The molecule has 0 saturated carbocycles. The van der Waals surface area contributed by atoms with Crippen molar-refractivity contribution in [3.63, 3.8) is 0 Å². The smallest absolute Gasteiger partial charge is 0.235 e. The fourth-order valence-corrected chi connectivity index (χ4v) is 3.24. The Morgan fingerprint density at radius 2 is 1.95 bits per heavy atom. The summed E-state index contributed by atoms with van der Waals surface area (Å²) in [5.41, 5.74) is 5.88. The van der Waals surface area contributed by atoms with Gasteiger partial charge < -0.3 is 11.1 Å². The number of nitrogen functional groups attached to an aromatic ring is 1. The van der Waals surface area contributed by atoms with Crippen LogP contribution in [0.3, 0.4) is 0 Å². The average Bonchev–Trinajstić information content (AvgIpc) is 2.26. The number of rotatable bonds is 5. The van der Waals surface area contributed by atoms with E-state index in [1.165, 1.54) is 18.2 Å². The van der Waals surface area contributed by atoms with Gasteiger partial charge in [0.2, 0.25) is 5.91 Å². The molecule has 0 spiro atoms. The molecule has 0 aromatic heterocycles. The molecule has 0 radical (unpaired) electrons. The normalized spacial score (nSPS) is 13.2. The second-order valence-corrected chi connectivity index (χ2v) is 7.41. The summed E-state index contributed by atoms with van der Waals surface area (Å²) in [6, 6.07) is 4.00. The van der Waals surface area contributed by atoms with Gasteiger partial charge in [0.05, 0.1) is 9.92 Å². The maximum Gasteiger partial charge on any atom is 0.235 e. The minimum Gasteiger partial charge on any atom is -0.399 e. The standard InChI is InChI=1S/C13H19ClN2O3S/c1-8(2)9(3)16-13(17)7-20(18,19)12-5-4-10(15)6-11(12)14/h4-6,8-9H,7,15H2,1-3H3,(H,16,17). The third-order valence-corrected chi connectivity index (χ3v) is 5.09. The lowest BCUT2D eigenvalue weighted by molar-refractivity contribution is -0.119. The second-order valence-electron chi connectivity index (χ2n) is 5.05. The Bertz CT molecular complexity index is 600. The van der Waals surface area contributed by atoms with Gasteiger partial charge in [-0.25, -0.2) is 8.42 Å². The van der Waals surface area contributed by atoms with Crippen LogP contribution in [0.4, 0.5) is 5.69 Å². The molecule has 0 saturated heterocycles. The Labute approximate surface area is 124 Å². The lowest BCUT2D eigenvalue weighted by Gasteiger charge is -2.17. The van der Waals surface area contributed by atoms with Crippen LogP contribution in [-0.2, 0) is 14.6 Å². The van der Waals surface area contributed by atoms with Crippen LogP contribution in [0.1, 0.15) is 20.8 Å². The fourth-order valence-electron chi connectivity index (χ4n) is 1.48. The van der Waals surface area contributed by atoms with Crippen molar-refractivity contribution in [3.8, 4) is 0 Å². The third-order valence-electron chi connectivity index (χ3n) is 3.00. The highest BCUT2D eigenvalue weighted by molar-refractivity contribution is 7.92. The Morgan fingerprint density at radius 3 is 2.45 bits per heavy atom. The van der Waals surface area contributed by atoms with Crippen LogP contribution in [0.15, 0.2) is 23.1 Å². The molecule has 0 aliphatic heterocycles. The van der Waals surface area contributed by atoms with E-state index in [2.05, 4.69) is 5.32 Å². The number of nitrogens with two attached hydrogens (primary N) is 1.